The van der Waals surface area contributed by atoms with Gasteiger partial charge in [0.05, 0.1) is 38.8 Å². The van der Waals surface area contributed by atoms with E-state index in [1.165, 1.54) is 70.4 Å². The van der Waals surface area contributed by atoms with Gasteiger partial charge < -0.3 is 4.40 Å². The van der Waals surface area contributed by atoms with Crippen LogP contribution < -0.4 is 0 Å². The Bertz CT molecular complexity index is 3740. The fourth-order valence-corrected chi connectivity index (χ4v) is 9.49. The van der Waals surface area contributed by atoms with Crippen LogP contribution in [0, 0.1) is 0 Å². The first-order valence-electron chi connectivity index (χ1n) is 18.5. The van der Waals surface area contributed by atoms with Gasteiger partial charge in [-0.1, -0.05) is 133 Å². The molecule has 0 saturated carbocycles. The second kappa shape index (κ2) is 10.2. The number of para-hydroxylation sites is 2. The molecule has 9 aromatic carbocycles. The van der Waals surface area contributed by atoms with Gasteiger partial charge >= 0.3 is 0 Å². The van der Waals surface area contributed by atoms with E-state index in [1.54, 1.807) is 0 Å². The van der Waals surface area contributed by atoms with Crippen molar-refractivity contribution in [2.75, 3.05) is 0 Å². The maximum Gasteiger partial charge on any atom is 0.235 e. The van der Waals surface area contributed by atoms with E-state index in [0.29, 0.717) is 5.95 Å². The normalized spacial score (nSPS) is 12.4. The first-order valence-corrected chi connectivity index (χ1v) is 18.5. The van der Waals surface area contributed by atoms with Crippen LogP contribution in [-0.2, 0) is 0 Å². The number of rotatable bonds is 2. The maximum atomic E-state index is 5.58. The summed E-state index contributed by atoms with van der Waals surface area (Å²) in [6.07, 6.45) is 0. The second-order valence-electron chi connectivity index (χ2n) is 14.5. The third-order valence-corrected chi connectivity index (χ3v) is 11.8. The molecule has 0 radical (unpaired) electrons. The third kappa shape index (κ3) is 3.57. The fourth-order valence-electron chi connectivity index (χ4n) is 9.49. The largest absolute Gasteiger partial charge is 0.308 e. The van der Waals surface area contributed by atoms with Gasteiger partial charge in [0.15, 0.2) is 0 Å². The molecule has 0 unspecified atom stereocenters. The van der Waals surface area contributed by atoms with Crippen molar-refractivity contribution in [3.8, 4) is 17.2 Å². The Kier molecular flexibility index (Phi) is 5.34. The Morgan fingerprint density at radius 2 is 1.00 bits per heavy atom. The zero-order chi connectivity index (χ0) is 35.1. The van der Waals surface area contributed by atoms with Crippen LogP contribution in [-0.4, -0.2) is 18.9 Å². The van der Waals surface area contributed by atoms with Crippen molar-refractivity contribution in [2.45, 2.75) is 0 Å². The van der Waals surface area contributed by atoms with Crippen LogP contribution in [0.15, 0.2) is 170 Å². The van der Waals surface area contributed by atoms with Crippen LogP contribution in [0.3, 0.4) is 0 Å². The van der Waals surface area contributed by atoms with E-state index in [-0.39, 0.29) is 0 Å². The van der Waals surface area contributed by atoms with Gasteiger partial charge in [-0.2, -0.15) is 0 Å². The molecule has 0 aliphatic carbocycles. The van der Waals surface area contributed by atoms with Crippen LogP contribution >= 0.6 is 0 Å². The van der Waals surface area contributed by atoms with Gasteiger partial charge in [-0.05, 0) is 63.3 Å². The summed E-state index contributed by atoms with van der Waals surface area (Å²) in [5.41, 5.74) is 8.83. The molecule has 4 heterocycles. The predicted molar refractivity (Wildman–Crippen MR) is 226 cm³/mol. The molecule has 0 aliphatic rings. The Labute approximate surface area is 308 Å². The lowest BCUT2D eigenvalue weighted by molar-refractivity contribution is 1.02. The number of hydrogen-bond acceptors (Lipinski definition) is 2. The quantitative estimate of drug-likeness (QED) is 0.170. The van der Waals surface area contributed by atoms with E-state index in [9.17, 15) is 0 Å². The molecule has 0 saturated heterocycles. The van der Waals surface area contributed by atoms with E-state index >= 15 is 0 Å². The highest BCUT2D eigenvalue weighted by molar-refractivity contribution is 6.36. The zero-order valence-corrected chi connectivity index (χ0v) is 29.0. The molecule has 0 spiro atoms. The van der Waals surface area contributed by atoms with Crippen molar-refractivity contribution in [2.24, 2.45) is 0 Å². The first-order chi connectivity index (χ1) is 26.8. The van der Waals surface area contributed by atoms with Crippen molar-refractivity contribution < 1.29 is 0 Å². The van der Waals surface area contributed by atoms with Crippen molar-refractivity contribution >= 4 is 103 Å². The summed E-state index contributed by atoms with van der Waals surface area (Å²) in [4.78, 5) is 11.1. The highest BCUT2D eigenvalue weighted by Crippen LogP contribution is 2.48. The van der Waals surface area contributed by atoms with E-state index in [0.717, 1.165) is 44.0 Å². The lowest BCUT2D eigenvalue weighted by Gasteiger charge is -2.14. The minimum atomic E-state index is 0.668. The van der Waals surface area contributed by atoms with Gasteiger partial charge in [-0.25, -0.2) is 9.97 Å². The molecular weight excluding hydrogens is 657 g/mol. The molecule has 0 bridgehead atoms. The number of nitrogens with zero attached hydrogens (tertiary/aromatic N) is 4. The average Bonchev–Trinajstić information content (AvgIpc) is 3.88. The topological polar surface area (TPSA) is 35.1 Å². The lowest BCUT2D eigenvalue weighted by Crippen LogP contribution is -2.04. The molecule has 0 fully saturated rings. The maximum absolute atomic E-state index is 5.58. The monoisotopic (exact) mass is 684 g/mol. The third-order valence-electron chi connectivity index (χ3n) is 11.8. The van der Waals surface area contributed by atoms with Gasteiger partial charge in [0.2, 0.25) is 5.95 Å². The van der Waals surface area contributed by atoms with E-state index in [1.807, 2.05) is 0 Å². The summed E-state index contributed by atoms with van der Waals surface area (Å²) in [5, 5.41) is 15.6. The first kappa shape index (κ1) is 28.3. The van der Waals surface area contributed by atoms with Crippen LogP contribution in [0.4, 0.5) is 0 Å². The molecule has 4 heteroatoms. The number of hydrogen-bond donors (Lipinski definition) is 0. The summed E-state index contributed by atoms with van der Waals surface area (Å²) in [7, 11) is 0. The molecule has 0 aliphatic heterocycles. The molecule has 54 heavy (non-hydrogen) atoms. The average molecular weight is 685 g/mol. The van der Waals surface area contributed by atoms with Gasteiger partial charge in [-0.3, -0.25) is 4.57 Å². The minimum Gasteiger partial charge on any atom is -0.308 e. The van der Waals surface area contributed by atoms with Gasteiger partial charge in [0, 0.05) is 48.7 Å². The van der Waals surface area contributed by atoms with Crippen LogP contribution in [0.5, 0.6) is 0 Å². The number of benzene rings is 9. The zero-order valence-electron chi connectivity index (χ0n) is 29.0. The summed E-state index contributed by atoms with van der Waals surface area (Å²) in [6, 6.07) is 61.6. The lowest BCUT2D eigenvalue weighted by atomic mass is 9.99. The predicted octanol–water partition coefficient (Wildman–Crippen LogP) is 13.0. The molecule has 13 aromatic rings. The van der Waals surface area contributed by atoms with Crippen LogP contribution in [0.2, 0.25) is 0 Å². The molecule has 0 amide bonds. The standard InChI is InChI=1S/C50H28N4/c1-2-14-32-27-33(22-21-29(32)11-1)46-38-25-23-31-13-4-6-16-35(31)47(38)52-50(51-46)54-41-19-9-7-17-36(41)39-28-40-44-34-15-5-3-12-30(34)24-26-43(44)53-42-20-10-8-18-37(42)45(48(39)54)49(40)53/h1-28H. The molecule has 4 aromatic heterocycles. The van der Waals surface area contributed by atoms with Gasteiger partial charge in [-0.15, -0.1) is 0 Å². The SMILES string of the molecule is c1ccc2cc(-c3nc(-n4c5ccccc5c5cc6c7c8ccccc8ccc7n7c8ccccc8c(c54)c67)nc4c3ccc3ccccc34)ccc2c1. The highest BCUT2D eigenvalue weighted by Gasteiger charge is 2.26. The summed E-state index contributed by atoms with van der Waals surface area (Å²) < 4.78 is 4.83. The van der Waals surface area contributed by atoms with Gasteiger partial charge in [0.25, 0.3) is 0 Å². The Hall–Kier alpha value is -7.30. The van der Waals surface area contributed by atoms with Crippen molar-refractivity contribution in [3.05, 3.63) is 170 Å². The molecule has 0 atom stereocenters. The molecule has 13 rings (SSSR count). The smallest absolute Gasteiger partial charge is 0.235 e. The van der Waals surface area contributed by atoms with Crippen molar-refractivity contribution in [3.63, 3.8) is 0 Å². The van der Waals surface area contributed by atoms with Crippen molar-refractivity contribution in [1.82, 2.24) is 18.9 Å². The number of fused-ring (bicyclic) bond motifs is 16. The Morgan fingerprint density at radius 3 is 1.85 bits per heavy atom. The second-order valence-corrected chi connectivity index (χ2v) is 14.5. The van der Waals surface area contributed by atoms with E-state index < -0.39 is 0 Å². The summed E-state index contributed by atoms with van der Waals surface area (Å²) in [6.45, 7) is 0. The van der Waals surface area contributed by atoms with E-state index in [4.69, 9.17) is 9.97 Å². The molecular formula is C50H28N4. The van der Waals surface area contributed by atoms with Crippen molar-refractivity contribution in [1.29, 1.82) is 0 Å². The highest BCUT2D eigenvalue weighted by atomic mass is 15.2. The fraction of sp³-hybridized carbons (Fsp3) is 0. The minimum absolute atomic E-state index is 0.668. The molecule has 4 nitrogen and oxygen atoms in total. The summed E-state index contributed by atoms with van der Waals surface area (Å²) in [5.74, 6) is 0.668. The Balaban J connectivity index is 1.25. The molecule has 0 N–H and O–H groups in total. The van der Waals surface area contributed by atoms with Gasteiger partial charge in [0.1, 0.15) is 0 Å². The Morgan fingerprint density at radius 1 is 0.352 bits per heavy atom. The number of aromatic nitrogens is 4. The molecule has 248 valence electrons. The summed E-state index contributed by atoms with van der Waals surface area (Å²) >= 11 is 0. The van der Waals surface area contributed by atoms with E-state index in [2.05, 4.69) is 179 Å². The van der Waals surface area contributed by atoms with Crippen LogP contribution in [0.25, 0.3) is 120 Å². The van der Waals surface area contributed by atoms with Crippen LogP contribution in [0.1, 0.15) is 0 Å².